The summed E-state index contributed by atoms with van der Waals surface area (Å²) >= 11 is 0. The first kappa shape index (κ1) is 26.2. The Kier molecular flexibility index (Phi) is 14.8. The van der Waals surface area contributed by atoms with Crippen LogP contribution in [0, 0.1) is 0 Å². The highest BCUT2D eigenvalue weighted by atomic mass is 16.5. The Bertz CT molecular complexity index is 663. The Morgan fingerprint density at radius 2 is 1.43 bits per heavy atom. The molecule has 0 fully saturated rings. The fourth-order valence-electron chi connectivity index (χ4n) is 3.86. The highest BCUT2D eigenvalue weighted by Gasteiger charge is 2.16. The van der Waals surface area contributed by atoms with E-state index >= 15 is 0 Å². The van der Waals surface area contributed by atoms with Crippen LogP contribution >= 0.6 is 0 Å². The van der Waals surface area contributed by atoms with Crippen molar-refractivity contribution in [2.45, 2.75) is 110 Å². The van der Waals surface area contributed by atoms with Gasteiger partial charge in [-0.05, 0) is 6.42 Å². The van der Waals surface area contributed by atoms with Crippen molar-refractivity contribution in [2.24, 2.45) is 0 Å². The molecular formula is C26H43NO3. The number of ketones is 1. The first-order valence-corrected chi connectivity index (χ1v) is 12.1. The second-order valence-corrected chi connectivity index (χ2v) is 8.30. The number of Topliss-reactive ketones (excluding diaryl/α,β-unsaturated/α-hetero) is 1. The summed E-state index contributed by atoms with van der Waals surface area (Å²) in [4.78, 5) is 24.2. The second kappa shape index (κ2) is 16.9. The summed E-state index contributed by atoms with van der Waals surface area (Å²) in [6.45, 7) is 8.31. The maximum Gasteiger partial charge on any atom is 0.224 e. The van der Waals surface area contributed by atoms with Crippen LogP contribution in [0.1, 0.15) is 114 Å². The Hall–Kier alpha value is -1.84. The third kappa shape index (κ3) is 10.8. The zero-order valence-corrected chi connectivity index (χ0v) is 19.4. The van der Waals surface area contributed by atoms with E-state index in [9.17, 15) is 9.59 Å². The molecule has 0 bridgehead atoms. The number of aryl methyl sites for hydroxylation is 1. The zero-order valence-electron chi connectivity index (χ0n) is 19.4. The summed E-state index contributed by atoms with van der Waals surface area (Å²) in [6, 6.07) is 1.48. The van der Waals surface area contributed by atoms with E-state index in [0.717, 1.165) is 19.4 Å². The van der Waals surface area contributed by atoms with Gasteiger partial charge in [-0.3, -0.25) is 9.59 Å². The van der Waals surface area contributed by atoms with E-state index in [0.29, 0.717) is 5.69 Å². The number of nitrogens with zero attached hydrogens (tertiary/aromatic N) is 1. The van der Waals surface area contributed by atoms with E-state index in [1.54, 1.807) is 12.3 Å². The first-order chi connectivity index (χ1) is 14.6. The average Bonchev–Trinajstić information content (AvgIpc) is 2.73. The van der Waals surface area contributed by atoms with Gasteiger partial charge in [-0.1, -0.05) is 103 Å². The van der Waals surface area contributed by atoms with Crippen molar-refractivity contribution in [3.8, 4) is 5.75 Å². The van der Waals surface area contributed by atoms with Crippen molar-refractivity contribution < 1.29 is 9.53 Å². The lowest BCUT2D eigenvalue weighted by atomic mass is 10.0. The molecule has 0 saturated heterocycles. The summed E-state index contributed by atoms with van der Waals surface area (Å²) in [5, 5.41) is 0. The largest absolute Gasteiger partial charge is 0.483 e. The number of carbonyl (C=O) groups is 1. The molecule has 170 valence electrons. The second-order valence-electron chi connectivity index (χ2n) is 8.30. The smallest absolute Gasteiger partial charge is 0.224 e. The number of aromatic nitrogens is 1. The molecule has 30 heavy (non-hydrogen) atoms. The van der Waals surface area contributed by atoms with Crippen molar-refractivity contribution in [3.05, 3.63) is 40.8 Å². The molecule has 0 saturated carbocycles. The fourth-order valence-corrected chi connectivity index (χ4v) is 3.86. The number of rotatable bonds is 19. The lowest BCUT2D eigenvalue weighted by molar-refractivity contribution is 0.0999. The molecule has 0 radical (unpaired) electrons. The molecule has 0 aliphatic carbocycles. The Morgan fingerprint density at radius 1 is 0.933 bits per heavy atom. The van der Waals surface area contributed by atoms with Gasteiger partial charge in [0.25, 0.3) is 0 Å². The van der Waals surface area contributed by atoms with Gasteiger partial charge in [0.15, 0.2) is 11.5 Å². The normalized spacial score (nSPS) is 10.9. The van der Waals surface area contributed by atoms with Crippen LogP contribution in [0.4, 0.5) is 0 Å². The monoisotopic (exact) mass is 417 g/mol. The molecule has 0 aromatic carbocycles. The minimum Gasteiger partial charge on any atom is -0.483 e. The maximum atomic E-state index is 12.1. The van der Waals surface area contributed by atoms with Gasteiger partial charge < -0.3 is 9.30 Å². The molecule has 0 atom stereocenters. The van der Waals surface area contributed by atoms with Crippen molar-refractivity contribution in [2.75, 3.05) is 6.61 Å². The lowest BCUT2D eigenvalue weighted by Gasteiger charge is -2.15. The van der Waals surface area contributed by atoms with Crippen molar-refractivity contribution in [3.63, 3.8) is 0 Å². The summed E-state index contributed by atoms with van der Waals surface area (Å²) in [5.74, 6) is 0.00684. The summed E-state index contributed by atoms with van der Waals surface area (Å²) in [7, 11) is 0. The van der Waals surface area contributed by atoms with E-state index in [-0.39, 0.29) is 23.6 Å². The quantitative estimate of drug-likeness (QED) is 0.137. The zero-order chi connectivity index (χ0) is 22.0. The third-order valence-corrected chi connectivity index (χ3v) is 5.56. The van der Waals surface area contributed by atoms with E-state index in [4.69, 9.17) is 4.74 Å². The van der Waals surface area contributed by atoms with Gasteiger partial charge >= 0.3 is 0 Å². The molecule has 0 N–H and O–H groups in total. The predicted molar refractivity (Wildman–Crippen MR) is 127 cm³/mol. The molecule has 0 aliphatic heterocycles. The molecule has 0 unspecified atom stereocenters. The molecule has 4 heteroatoms. The molecule has 1 heterocycles. The molecule has 4 nitrogen and oxygen atoms in total. The van der Waals surface area contributed by atoms with Gasteiger partial charge in [0.05, 0.1) is 0 Å². The van der Waals surface area contributed by atoms with Crippen LogP contribution in [0.15, 0.2) is 29.7 Å². The van der Waals surface area contributed by atoms with Gasteiger partial charge in [-0.15, -0.1) is 0 Å². The van der Waals surface area contributed by atoms with Crippen LogP contribution in [0.2, 0.25) is 0 Å². The Balaban J connectivity index is 2.20. The van der Waals surface area contributed by atoms with E-state index in [1.165, 1.54) is 90.0 Å². The Labute approximate surface area is 183 Å². The number of hydrogen-bond acceptors (Lipinski definition) is 3. The SMILES string of the molecule is C=CCOc1c(C(C)=O)n(CCCCCCCCCCCCCCCC)ccc1=O. The molecule has 0 aliphatic rings. The van der Waals surface area contributed by atoms with E-state index < -0.39 is 0 Å². The van der Waals surface area contributed by atoms with E-state index in [2.05, 4.69) is 13.5 Å². The van der Waals surface area contributed by atoms with Crippen molar-refractivity contribution in [1.82, 2.24) is 4.57 Å². The number of hydrogen-bond donors (Lipinski definition) is 0. The minimum atomic E-state index is -0.251. The standard InChI is InChI=1S/C26H43NO3/c1-4-6-7-8-9-10-11-12-13-14-15-16-17-18-20-27-21-19-24(29)26(30-22-5-2)25(27)23(3)28/h5,19,21H,2,4,6-18,20,22H2,1,3H3. The van der Waals surface area contributed by atoms with E-state index in [1.807, 2.05) is 4.57 Å². The minimum absolute atomic E-state index is 0.142. The van der Waals surface area contributed by atoms with Crippen LogP contribution in [0.5, 0.6) is 5.75 Å². The highest BCUT2D eigenvalue weighted by Crippen LogP contribution is 2.17. The Morgan fingerprint density at radius 3 is 1.90 bits per heavy atom. The maximum absolute atomic E-state index is 12.1. The average molecular weight is 418 g/mol. The number of carbonyl (C=O) groups excluding carboxylic acids is 1. The lowest BCUT2D eigenvalue weighted by Crippen LogP contribution is -2.19. The summed E-state index contributed by atoms with van der Waals surface area (Å²) in [6.07, 6.45) is 21.7. The van der Waals surface area contributed by atoms with Gasteiger partial charge in [0.1, 0.15) is 12.3 Å². The van der Waals surface area contributed by atoms with Gasteiger partial charge in [0.2, 0.25) is 5.43 Å². The first-order valence-electron chi connectivity index (χ1n) is 12.1. The van der Waals surface area contributed by atoms with Crippen LogP contribution in [0.25, 0.3) is 0 Å². The topological polar surface area (TPSA) is 48.3 Å². The van der Waals surface area contributed by atoms with Crippen LogP contribution in [0.3, 0.4) is 0 Å². The molecule has 1 aromatic rings. The predicted octanol–water partition coefficient (Wildman–Crippen LogP) is 7.10. The van der Waals surface area contributed by atoms with Gasteiger partial charge in [-0.25, -0.2) is 0 Å². The summed E-state index contributed by atoms with van der Waals surface area (Å²) < 4.78 is 7.33. The van der Waals surface area contributed by atoms with Crippen molar-refractivity contribution in [1.29, 1.82) is 0 Å². The number of pyridine rings is 1. The number of unbranched alkanes of at least 4 members (excludes halogenated alkanes) is 13. The molecular weight excluding hydrogens is 374 g/mol. The van der Waals surface area contributed by atoms with Crippen LogP contribution < -0.4 is 10.2 Å². The van der Waals surface area contributed by atoms with Crippen molar-refractivity contribution >= 4 is 5.78 Å². The number of ether oxygens (including phenoxy) is 1. The third-order valence-electron chi connectivity index (χ3n) is 5.56. The van der Waals surface area contributed by atoms with Gasteiger partial charge in [0, 0.05) is 25.7 Å². The van der Waals surface area contributed by atoms with Gasteiger partial charge in [-0.2, -0.15) is 0 Å². The fraction of sp³-hybridized carbons (Fsp3) is 0.692. The molecule has 1 aromatic heterocycles. The highest BCUT2D eigenvalue weighted by molar-refractivity contribution is 5.95. The van der Waals surface area contributed by atoms with Crippen LogP contribution in [-0.2, 0) is 6.54 Å². The molecule has 1 rings (SSSR count). The van der Waals surface area contributed by atoms with Crippen LogP contribution in [-0.4, -0.2) is 17.0 Å². The molecule has 0 amide bonds. The molecule has 0 spiro atoms. The summed E-state index contributed by atoms with van der Waals surface area (Å²) in [5.41, 5.74) is 0.123.